The van der Waals surface area contributed by atoms with Crippen LogP contribution in [0.5, 0.6) is 5.75 Å². The number of aryl methyl sites for hydroxylation is 2. The zero-order valence-corrected chi connectivity index (χ0v) is 15.7. The van der Waals surface area contributed by atoms with E-state index in [1.807, 2.05) is 55.5 Å². The molecule has 0 aliphatic heterocycles. The summed E-state index contributed by atoms with van der Waals surface area (Å²) in [6, 6.07) is 15.9. The molecule has 0 saturated carbocycles. The molecule has 0 bridgehead atoms. The zero-order valence-electron chi connectivity index (χ0n) is 15.7. The average Bonchev–Trinajstić information content (AvgIpc) is 3.04. The maximum Gasteiger partial charge on any atom is 0.145 e. The molecule has 2 N–H and O–H groups in total. The molecule has 0 amide bonds. The minimum absolute atomic E-state index is 0.0283. The largest absolute Gasteiger partial charge is 0.505 e. The van der Waals surface area contributed by atoms with Crippen molar-refractivity contribution in [3.63, 3.8) is 0 Å². The van der Waals surface area contributed by atoms with E-state index in [2.05, 4.69) is 19.5 Å². The Hall–Kier alpha value is -3.51. The van der Waals surface area contributed by atoms with Crippen LogP contribution in [-0.2, 0) is 6.61 Å². The van der Waals surface area contributed by atoms with Crippen molar-refractivity contribution in [3.05, 3.63) is 77.4 Å². The summed E-state index contributed by atoms with van der Waals surface area (Å²) in [5.74, 6) is 0.924. The minimum Gasteiger partial charge on any atom is -0.505 e. The smallest absolute Gasteiger partial charge is 0.145 e. The second-order valence-corrected chi connectivity index (χ2v) is 6.55. The molecule has 2 aromatic carbocycles. The van der Waals surface area contributed by atoms with Crippen LogP contribution < -0.4 is 0 Å². The number of aromatic nitrogens is 3. The summed E-state index contributed by atoms with van der Waals surface area (Å²) >= 11 is 0. The zero-order chi connectivity index (χ0) is 19.7. The van der Waals surface area contributed by atoms with E-state index in [4.69, 9.17) is 0 Å². The van der Waals surface area contributed by atoms with E-state index in [9.17, 15) is 10.2 Å². The Bertz CT molecular complexity index is 1180. The quantitative estimate of drug-likeness (QED) is 0.531. The number of aliphatic hydroxyl groups excluding tert-OH is 1. The van der Waals surface area contributed by atoms with Crippen LogP contribution in [0.2, 0.25) is 0 Å². The van der Waals surface area contributed by atoms with Gasteiger partial charge in [-0.1, -0.05) is 18.2 Å². The first-order chi connectivity index (χ1) is 13.6. The van der Waals surface area contributed by atoms with E-state index in [0.717, 1.165) is 22.5 Å². The molecule has 4 aromatic rings. The summed E-state index contributed by atoms with van der Waals surface area (Å²) in [6.07, 6.45) is 3.10. The standard InChI is InChI=1S/C22H20N4O2/c1-14-22(28)19(16(13-27)11-23-14)12-24-17-8-9-21-20(10-17)25-15(2)26(21)18-6-4-3-5-7-18/h3-12,27-28H,13H2,1-2H3. The predicted octanol–water partition coefficient (Wildman–Crippen LogP) is 3.99. The van der Waals surface area contributed by atoms with Crippen LogP contribution in [0.4, 0.5) is 5.69 Å². The van der Waals surface area contributed by atoms with E-state index in [-0.39, 0.29) is 12.4 Å². The highest BCUT2D eigenvalue weighted by Crippen LogP contribution is 2.27. The van der Waals surface area contributed by atoms with Crippen molar-refractivity contribution in [2.75, 3.05) is 0 Å². The number of nitrogens with zero attached hydrogens (tertiary/aromatic N) is 4. The first kappa shape index (κ1) is 17.9. The Balaban J connectivity index is 1.74. The van der Waals surface area contributed by atoms with Gasteiger partial charge in [-0.15, -0.1) is 0 Å². The van der Waals surface area contributed by atoms with Gasteiger partial charge in [-0.2, -0.15) is 0 Å². The molecule has 0 atom stereocenters. The van der Waals surface area contributed by atoms with Crippen molar-refractivity contribution in [2.24, 2.45) is 4.99 Å². The molecule has 0 radical (unpaired) electrons. The van der Waals surface area contributed by atoms with Gasteiger partial charge in [0.1, 0.15) is 11.6 Å². The highest BCUT2D eigenvalue weighted by atomic mass is 16.3. The maximum absolute atomic E-state index is 10.2. The first-order valence-corrected chi connectivity index (χ1v) is 8.95. The Morgan fingerprint density at radius 2 is 1.89 bits per heavy atom. The number of aromatic hydroxyl groups is 1. The second kappa shape index (κ2) is 7.25. The molecule has 2 heterocycles. The Kier molecular flexibility index (Phi) is 4.63. The van der Waals surface area contributed by atoms with Crippen molar-refractivity contribution in [1.82, 2.24) is 14.5 Å². The maximum atomic E-state index is 10.2. The van der Waals surface area contributed by atoms with Crippen LogP contribution in [0.25, 0.3) is 16.7 Å². The van der Waals surface area contributed by atoms with Gasteiger partial charge in [0.25, 0.3) is 0 Å². The molecule has 140 valence electrons. The summed E-state index contributed by atoms with van der Waals surface area (Å²) in [4.78, 5) is 13.2. The number of fused-ring (bicyclic) bond motifs is 1. The van der Waals surface area contributed by atoms with Gasteiger partial charge in [0.05, 0.1) is 29.0 Å². The third-order valence-electron chi connectivity index (χ3n) is 4.69. The lowest BCUT2D eigenvalue weighted by atomic mass is 10.1. The van der Waals surface area contributed by atoms with Crippen molar-refractivity contribution >= 4 is 22.9 Å². The van der Waals surface area contributed by atoms with Crippen LogP contribution >= 0.6 is 0 Å². The Morgan fingerprint density at radius 3 is 2.64 bits per heavy atom. The number of hydrogen-bond acceptors (Lipinski definition) is 5. The summed E-state index contributed by atoms with van der Waals surface area (Å²) in [7, 11) is 0. The van der Waals surface area contributed by atoms with Gasteiger partial charge in [0.15, 0.2) is 0 Å². The van der Waals surface area contributed by atoms with E-state index in [1.54, 1.807) is 19.3 Å². The highest BCUT2D eigenvalue weighted by Gasteiger charge is 2.11. The lowest BCUT2D eigenvalue weighted by Crippen LogP contribution is -1.97. The van der Waals surface area contributed by atoms with Gasteiger partial charge in [0.2, 0.25) is 0 Å². The van der Waals surface area contributed by atoms with Gasteiger partial charge < -0.3 is 10.2 Å². The van der Waals surface area contributed by atoms with Crippen LogP contribution in [0.3, 0.4) is 0 Å². The molecule has 0 aliphatic rings. The molecular weight excluding hydrogens is 352 g/mol. The van der Waals surface area contributed by atoms with Crippen LogP contribution in [0.1, 0.15) is 22.6 Å². The molecule has 0 spiro atoms. The van der Waals surface area contributed by atoms with Crippen molar-refractivity contribution in [2.45, 2.75) is 20.5 Å². The third-order valence-corrected chi connectivity index (χ3v) is 4.69. The number of rotatable bonds is 4. The predicted molar refractivity (Wildman–Crippen MR) is 110 cm³/mol. The summed E-state index contributed by atoms with van der Waals surface area (Å²) in [5, 5.41) is 19.7. The number of aliphatic hydroxyl groups is 1. The summed E-state index contributed by atoms with van der Waals surface area (Å²) in [5.41, 5.74) is 5.10. The van der Waals surface area contributed by atoms with Gasteiger partial charge in [0, 0.05) is 29.2 Å². The summed E-state index contributed by atoms with van der Waals surface area (Å²) < 4.78 is 2.10. The average molecular weight is 372 g/mol. The molecule has 6 nitrogen and oxygen atoms in total. The number of benzene rings is 2. The number of hydrogen-bond donors (Lipinski definition) is 2. The topological polar surface area (TPSA) is 83.5 Å². The molecule has 0 aliphatic carbocycles. The number of aliphatic imine (C=N–C) groups is 1. The Labute approximate surface area is 162 Å². The monoisotopic (exact) mass is 372 g/mol. The van der Waals surface area contributed by atoms with E-state index in [1.165, 1.54) is 0 Å². The van der Waals surface area contributed by atoms with Gasteiger partial charge in [-0.05, 0) is 44.2 Å². The van der Waals surface area contributed by atoms with Gasteiger partial charge in [-0.25, -0.2) is 4.98 Å². The SMILES string of the molecule is Cc1ncc(CO)c(C=Nc2ccc3c(c2)nc(C)n3-c2ccccc2)c1O. The summed E-state index contributed by atoms with van der Waals surface area (Å²) in [6.45, 7) is 3.46. The first-order valence-electron chi connectivity index (χ1n) is 8.95. The highest BCUT2D eigenvalue weighted by molar-refractivity contribution is 5.89. The molecule has 2 aromatic heterocycles. The Morgan fingerprint density at radius 1 is 1.11 bits per heavy atom. The number of pyridine rings is 1. The van der Waals surface area contributed by atoms with E-state index in [0.29, 0.717) is 22.5 Å². The van der Waals surface area contributed by atoms with Gasteiger partial charge >= 0.3 is 0 Å². The third kappa shape index (κ3) is 3.14. The molecule has 0 fully saturated rings. The lowest BCUT2D eigenvalue weighted by Gasteiger charge is -2.07. The van der Waals surface area contributed by atoms with Crippen molar-refractivity contribution in [3.8, 4) is 11.4 Å². The van der Waals surface area contributed by atoms with Crippen molar-refractivity contribution < 1.29 is 10.2 Å². The molecule has 4 rings (SSSR count). The number of para-hydroxylation sites is 1. The molecule has 0 unspecified atom stereocenters. The minimum atomic E-state index is -0.220. The van der Waals surface area contributed by atoms with E-state index < -0.39 is 0 Å². The van der Waals surface area contributed by atoms with Gasteiger partial charge in [-0.3, -0.25) is 14.5 Å². The fraction of sp³-hybridized carbons (Fsp3) is 0.136. The normalized spacial score (nSPS) is 11.5. The second-order valence-electron chi connectivity index (χ2n) is 6.55. The van der Waals surface area contributed by atoms with Crippen LogP contribution in [0, 0.1) is 13.8 Å². The lowest BCUT2D eigenvalue weighted by molar-refractivity contribution is 0.280. The fourth-order valence-corrected chi connectivity index (χ4v) is 3.23. The molecule has 0 saturated heterocycles. The van der Waals surface area contributed by atoms with Crippen LogP contribution in [0.15, 0.2) is 59.7 Å². The van der Waals surface area contributed by atoms with Crippen molar-refractivity contribution in [1.29, 1.82) is 0 Å². The van der Waals surface area contributed by atoms with E-state index >= 15 is 0 Å². The molecule has 28 heavy (non-hydrogen) atoms. The number of imidazole rings is 1. The molecular formula is C22H20N4O2. The van der Waals surface area contributed by atoms with Crippen LogP contribution in [-0.4, -0.2) is 31.0 Å². The fourth-order valence-electron chi connectivity index (χ4n) is 3.23. The molecule has 6 heteroatoms.